The summed E-state index contributed by atoms with van der Waals surface area (Å²) in [4.78, 5) is 16.6. The molecule has 8 nitrogen and oxygen atoms in total. The van der Waals surface area contributed by atoms with Gasteiger partial charge in [-0.2, -0.15) is 0 Å². The van der Waals surface area contributed by atoms with Crippen LogP contribution in [0.1, 0.15) is 24.6 Å². The summed E-state index contributed by atoms with van der Waals surface area (Å²) in [6.07, 6.45) is 5.21. The molecule has 0 radical (unpaired) electrons. The number of piperidine rings is 1. The van der Waals surface area contributed by atoms with E-state index in [1.807, 2.05) is 28.8 Å². The Labute approximate surface area is 137 Å². The lowest BCUT2D eigenvalue weighted by atomic mass is 9.96. The highest BCUT2D eigenvalue weighted by molar-refractivity contribution is 5.44. The average Bonchev–Trinajstić information content (AvgIpc) is 3.06. The molecule has 0 spiro atoms. The number of hydrogen-bond donors (Lipinski definition) is 0. The maximum atomic E-state index is 10.7. The Hall–Kier alpha value is -3.03. The van der Waals surface area contributed by atoms with Gasteiger partial charge in [-0.05, 0) is 31.0 Å². The summed E-state index contributed by atoms with van der Waals surface area (Å²) in [6.45, 7) is 1.69. The van der Waals surface area contributed by atoms with Gasteiger partial charge in [0.15, 0.2) is 5.65 Å². The second-order valence-corrected chi connectivity index (χ2v) is 5.88. The number of anilines is 1. The molecule has 3 aromatic heterocycles. The third-order valence-electron chi connectivity index (χ3n) is 4.47. The molecule has 0 aromatic carbocycles. The quantitative estimate of drug-likeness (QED) is 0.543. The number of fused-ring (bicyclic) bond motifs is 1. The second kappa shape index (κ2) is 5.88. The van der Waals surface area contributed by atoms with Gasteiger partial charge in [-0.15, -0.1) is 10.2 Å². The molecule has 0 N–H and O–H groups in total. The van der Waals surface area contributed by atoms with Crippen molar-refractivity contribution in [2.24, 2.45) is 0 Å². The Balaban J connectivity index is 1.47. The predicted molar refractivity (Wildman–Crippen MR) is 88.1 cm³/mol. The zero-order valence-corrected chi connectivity index (χ0v) is 12.9. The van der Waals surface area contributed by atoms with Gasteiger partial charge in [-0.1, -0.05) is 6.07 Å². The van der Waals surface area contributed by atoms with E-state index in [2.05, 4.69) is 20.1 Å². The van der Waals surface area contributed by atoms with Crippen LogP contribution in [-0.4, -0.2) is 37.6 Å². The fraction of sp³-hybridized carbons (Fsp3) is 0.312. The van der Waals surface area contributed by atoms with Crippen molar-refractivity contribution < 1.29 is 4.92 Å². The molecule has 0 aliphatic carbocycles. The second-order valence-electron chi connectivity index (χ2n) is 5.88. The zero-order chi connectivity index (χ0) is 16.5. The van der Waals surface area contributed by atoms with Gasteiger partial charge in [0.2, 0.25) is 0 Å². The van der Waals surface area contributed by atoms with Gasteiger partial charge in [0.1, 0.15) is 17.8 Å². The first-order chi connectivity index (χ1) is 11.7. The normalized spacial score (nSPS) is 15.8. The summed E-state index contributed by atoms with van der Waals surface area (Å²) in [5.41, 5.74) is 0.885. The van der Waals surface area contributed by atoms with Gasteiger partial charge in [0.25, 0.3) is 5.69 Å². The SMILES string of the molecule is O=[N+]([O-])c1ccc(N2CCC(c3nnc4ccccn34)CC2)nc1. The van der Waals surface area contributed by atoms with Crippen molar-refractivity contribution in [3.8, 4) is 0 Å². The van der Waals surface area contributed by atoms with Crippen molar-refractivity contribution in [1.82, 2.24) is 19.6 Å². The number of aromatic nitrogens is 4. The van der Waals surface area contributed by atoms with Crippen molar-refractivity contribution in [3.05, 3.63) is 58.7 Å². The molecule has 4 heterocycles. The van der Waals surface area contributed by atoms with Crippen molar-refractivity contribution >= 4 is 17.2 Å². The Kier molecular flexibility index (Phi) is 3.56. The van der Waals surface area contributed by atoms with E-state index in [1.165, 1.54) is 12.3 Å². The highest BCUT2D eigenvalue weighted by Gasteiger charge is 2.25. The van der Waals surface area contributed by atoms with E-state index in [1.54, 1.807) is 6.07 Å². The lowest BCUT2D eigenvalue weighted by molar-refractivity contribution is -0.385. The summed E-state index contributed by atoms with van der Waals surface area (Å²) >= 11 is 0. The molecule has 0 amide bonds. The van der Waals surface area contributed by atoms with Gasteiger partial charge in [0, 0.05) is 31.3 Å². The largest absolute Gasteiger partial charge is 0.357 e. The van der Waals surface area contributed by atoms with Crippen LogP contribution in [0.5, 0.6) is 0 Å². The molecular formula is C16H16N6O2. The molecule has 1 aliphatic rings. The molecule has 3 aromatic rings. The highest BCUT2D eigenvalue weighted by Crippen LogP contribution is 2.29. The highest BCUT2D eigenvalue weighted by atomic mass is 16.6. The summed E-state index contributed by atoms with van der Waals surface area (Å²) in [6, 6.07) is 9.10. The monoisotopic (exact) mass is 324 g/mol. The fourth-order valence-electron chi connectivity index (χ4n) is 3.18. The lowest BCUT2D eigenvalue weighted by Crippen LogP contribution is -2.34. The minimum atomic E-state index is -0.431. The van der Waals surface area contributed by atoms with Crippen LogP contribution in [0.3, 0.4) is 0 Å². The van der Waals surface area contributed by atoms with E-state index in [0.717, 1.165) is 43.2 Å². The Bertz CT molecular complexity index is 868. The van der Waals surface area contributed by atoms with Gasteiger partial charge < -0.3 is 4.90 Å². The molecule has 0 saturated carbocycles. The standard InChI is InChI=1S/C16H16N6O2/c23-22(24)13-4-5-14(17-11-13)20-9-6-12(7-10-20)16-19-18-15-3-1-2-8-21(15)16/h1-5,8,11-12H,6-7,9-10H2. The smallest absolute Gasteiger partial charge is 0.287 e. The number of pyridine rings is 2. The maximum Gasteiger partial charge on any atom is 0.287 e. The molecule has 1 aliphatic heterocycles. The molecule has 4 rings (SSSR count). The molecule has 1 saturated heterocycles. The lowest BCUT2D eigenvalue weighted by Gasteiger charge is -2.31. The van der Waals surface area contributed by atoms with Crippen molar-refractivity contribution in [3.63, 3.8) is 0 Å². The third-order valence-corrected chi connectivity index (χ3v) is 4.47. The van der Waals surface area contributed by atoms with Crippen molar-refractivity contribution in [2.45, 2.75) is 18.8 Å². The summed E-state index contributed by atoms with van der Waals surface area (Å²) < 4.78 is 2.05. The zero-order valence-electron chi connectivity index (χ0n) is 12.9. The van der Waals surface area contributed by atoms with E-state index in [4.69, 9.17) is 0 Å². The number of nitrogens with zero attached hydrogens (tertiary/aromatic N) is 6. The van der Waals surface area contributed by atoms with Crippen LogP contribution in [0.2, 0.25) is 0 Å². The minimum Gasteiger partial charge on any atom is -0.357 e. The number of nitro groups is 1. The summed E-state index contributed by atoms with van der Waals surface area (Å²) in [7, 11) is 0. The number of rotatable bonds is 3. The first kappa shape index (κ1) is 14.6. The maximum absolute atomic E-state index is 10.7. The molecule has 0 atom stereocenters. The molecule has 24 heavy (non-hydrogen) atoms. The van der Waals surface area contributed by atoms with Gasteiger partial charge in [-0.25, -0.2) is 4.98 Å². The molecule has 8 heteroatoms. The van der Waals surface area contributed by atoms with Gasteiger partial charge in [-0.3, -0.25) is 14.5 Å². The topological polar surface area (TPSA) is 89.5 Å². The van der Waals surface area contributed by atoms with Crippen LogP contribution >= 0.6 is 0 Å². The van der Waals surface area contributed by atoms with Crippen LogP contribution in [0.15, 0.2) is 42.7 Å². The van der Waals surface area contributed by atoms with E-state index >= 15 is 0 Å². The molecule has 0 unspecified atom stereocenters. The third kappa shape index (κ3) is 2.55. The van der Waals surface area contributed by atoms with Crippen molar-refractivity contribution in [1.29, 1.82) is 0 Å². The Morgan fingerprint density at radius 1 is 1.12 bits per heavy atom. The van der Waals surface area contributed by atoms with Crippen LogP contribution in [0.4, 0.5) is 11.5 Å². The molecule has 0 bridgehead atoms. The van der Waals surface area contributed by atoms with Crippen LogP contribution in [0, 0.1) is 10.1 Å². The first-order valence-corrected chi connectivity index (χ1v) is 7.87. The first-order valence-electron chi connectivity index (χ1n) is 7.87. The minimum absolute atomic E-state index is 0.0172. The predicted octanol–water partition coefficient (Wildman–Crippen LogP) is 2.42. The van der Waals surface area contributed by atoms with Gasteiger partial charge >= 0.3 is 0 Å². The number of hydrogen-bond acceptors (Lipinski definition) is 6. The fourth-order valence-corrected chi connectivity index (χ4v) is 3.18. The molecule has 1 fully saturated rings. The van der Waals surface area contributed by atoms with Crippen LogP contribution in [0.25, 0.3) is 5.65 Å². The summed E-state index contributed by atoms with van der Waals surface area (Å²) in [5.74, 6) is 2.14. The Morgan fingerprint density at radius 3 is 2.67 bits per heavy atom. The van der Waals surface area contributed by atoms with Crippen LogP contribution in [-0.2, 0) is 0 Å². The van der Waals surface area contributed by atoms with Crippen molar-refractivity contribution in [2.75, 3.05) is 18.0 Å². The molecule has 122 valence electrons. The molecular weight excluding hydrogens is 308 g/mol. The Morgan fingerprint density at radius 2 is 1.96 bits per heavy atom. The van der Waals surface area contributed by atoms with E-state index in [-0.39, 0.29) is 5.69 Å². The summed E-state index contributed by atoms with van der Waals surface area (Å²) in [5, 5.41) is 19.3. The van der Waals surface area contributed by atoms with Gasteiger partial charge in [0.05, 0.1) is 4.92 Å². The van der Waals surface area contributed by atoms with Crippen LogP contribution < -0.4 is 4.90 Å². The van der Waals surface area contributed by atoms with E-state index in [0.29, 0.717) is 5.92 Å². The van der Waals surface area contributed by atoms with E-state index < -0.39 is 4.92 Å². The van der Waals surface area contributed by atoms with E-state index in [9.17, 15) is 10.1 Å². The average molecular weight is 324 g/mol.